The Hall–Kier alpha value is -1.97. The quantitative estimate of drug-likeness (QED) is 0.405. The van der Waals surface area contributed by atoms with Crippen molar-refractivity contribution in [2.75, 3.05) is 26.3 Å². The summed E-state index contributed by atoms with van der Waals surface area (Å²) in [5.41, 5.74) is 10.7. The molecular weight excluding hydrogens is 452 g/mol. The second-order valence-electron chi connectivity index (χ2n) is 11.9. The van der Waals surface area contributed by atoms with E-state index in [2.05, 4.69) is 69.9 Å². The number of likely N-dealkylation sites (tertiary alicyclic amines) is 1. The van der Waals surface area contributed by atoms with Crippen LogP contribution in [0.1, 0.15) is 108 Å². The maximum atomic E-state index is 8.45. The molecule has 1 atom stereocenters. The van der Waals surface area contributed by atoms with Crippen LogP contribution in [0.5, 0.6) is 0 Å². The number of benzene rings is 1. The van der Waals surface area contributed by atoms with Crippen LogP contribution in [0.25, 0.3) is 5.57 Å². The van der Waals surface area contributed by atoms with Crippen LogP contribution in [0, 0.1) is 18.3 Å². The van der Waals surface area contributed by atoms with Crippen LogP contribution in [-0.4, -0.2) is 43.0 Å². The second-order valence-corrected chi connectivity index (χ2v) is 11.9. The van der Waals surface area contributed by atoms with Crippen LogP contribution >= 0.6 is 0 Å². The highest BCUT2D eigenvalue weighted by Crippen LogP contribution is 2.39. The summed E-state index contributed by atoms with van der Waals surface area (Å²) in [6, 6.07) is 7.96. The molecule has 0 radical (unpaired) electrons. The van der Waals surface area contributed by atoms with Crippen LogP contribution in [0.4, 0.5) is 0 Å². The Balaban J connectivity index is 1.66. The third kappa shape index (κ3) is 6.92. The van der Waals surface area contributed by atoms with Crippen molar-refractivity contribution in [3.8, 4) is 0 Å². The van der Waals surface area contributed by atoms with Gasteiger partial charge in [-0.15, -0.1) is 0 Å². The Labute approximate surface area is 226 Å². The SMILES string of the molecule is CCCC(/C1=C/CCCC(=N)/C(C)=C\1)=C(\c1cc(C2CCN(C3CCCOC3)CC2)ccc1C)C(C)C. The van der Waals surface area contributed by atoms with Gasteiger partial charge in [0, 0.05) is 18.4 Å². The van der Waals surface area contributed by atoms with Crippen molar-refractivity contribution < 1.29 is 4.74 Å². The molecule has 1 unspecified atom stereocenters. The normalized spacial score (nSPS) is 26.1. The lowest BCUT2D eigenvalue weighted by Gasteiger charge is -2.39. The molecule has 202 valence electrons. The largest absolute Gasteiger partial charge is 0.380 e. The molecule has 2 heterocycles. The number of piperidine rings is 1. The summed E-state index contributed by atoms with van der Waals surface area (Å²) < 4.78 is 5.78. The number of hydrogen-bond donors (Lipinski definition) is 1. The summed E-state index contributed by atoms with van der Waals surface area (Å²) in [4.78, 5) is 2.69. The topological polar surface area (TPSA) is 36.3 Å². The number of nitrogens with one attached hydrogen (secondary N) is 1. The maximum Gasteiger partial charge on any atom is 0.0621 e. The molecule has 1 aromatic carbocycles. The van der Waals surface area contributed by atoms with Crippen LogP contribution in [0.15, 0.2) is 47.1 Å². The van der Waals surface area contributed by atoms with E-state index < -0.39 is 0 Å². The van der Waals surface area contributed by atoms with Crippen molar-refractivity contribution >= 4 is 11.3 Å². The van der Waals surface area contributed by atoms with Gasteiger partial charge in [-0.1, -0.05) is 57.5 Å². The number of hydrogen-bond acceptors (Lipinski definition) is 3. The Kier molecular flexibility index (Phi) is 10.0. The highest BCUT2D eigenvalue weighted by molar-refractivity contribution is 5.98. The smallest absolute Gasteiger partial charge is 0.0621 e. The van der Waals surface area contributed by atoms with E-state index in [1.807, 2.05) is 0 Å². The lowest BCUT2D eigenvalue weighted by molar-refractivity contribution is 0.00885. The minimum Gasteiger partial charge on any atom is -0.380 e. The fraction of sp³-hybridized carbons (Fsp3) is 0.618. The summed E-state index contributed by atoms with van der Waals surface area (Å²) in [7, 11) is 0. The number of aryl methyl sites for hydroxylation is 1. The predicted octanol–water partition coefficient (Wildman–Crippen LogP) is 8.64. The van der Waals surface area contributed by atoms with Gasteiger partial charge in [0.15, 0.2) is 0 Å². The molecule has 3 heteroatoms. The number of nitrogens with zero attached hydrogens (tertiary/aromatic N) is 1. The Morgan fingerprint density at radius 1 is 1.11 bits per heavy atom. The fourth-order valence-corrected chi connectivity index (χ4v) is 6.62. The van der Waals surface area contributed by atoms with Crippen molar-refractivity contribution in [1.29, 1.82) is 5.41 Å². The van der Waals surface area contributed by atoms with Gasteiger partial charge < -0.3 is 10.1 Å². The molecule has 0 aromatic heterocycles. The van der Waals surface area contributed by atoms with E-state index in [9.17, 15) is 0 Å². The first-order valence-electron chi connectivity index (χ1n) is 15.0. The highest BCUT2D eigenvalue weighted by atomic mass is 16.5. The zero-order valence-electron chi connectivity index (χ0n) is 24.2. The predicted molar refractivity (Wildman–Crippen MR) is 159 cm³/mol. The average molecular weight is 503 g/mol. The van der Waals surface area contributed by atoms with E-state index in [1.54, 1.807) is 0 Å². The van der Waals surface area contributed by atoms with E-state index in [0.29, 0.717) is 17.9 Å². The van der Waals surface area contributed by atoms with Gasteiger partial charge in [-0.05, 0) is 129 Å². The molecule has 1 aromatic rings. The third-order valence-corrected chi connectivity index (χ3v) is 8.80. The molecule has 0 bridgehead atoms. The van der Waals surface area contributed by atoms with Gasteiger partial charge in [0.2, 0.25) is 0 Å². The van der Waals surface area contributed by atoms with Gasteiger partial charge >= 0.3 is 0 Å². The lowest BCUT2D eigenvalue weighted by atomic mass is 9.80. The first-order valence-corrected chi connectivity index (χ1v) is 15.0. The number of ether oxygens (including phenoxy) is 1. The van der Waals surface area contributed by atoms with Crippen molar-refractivity contribution in [1.82, 2.24) is 4.90 Å². The third-order valence-electron chi connectivity index (χ3n) is 8.80. The molecule has 37 heavy (non-hydrogen) atoms. The molecule has 2 saturated heterocycles. The van der Waals surface area contributed by atoms with Gasteiger partial charge in [0.05, 0.1) is 6.61 Å². The Morgan fingerprint density at radius 2 is 1.89 bits per heavy atom. The number of rotatable bonds is 7. The second kappa shape index (κ2) is 13.2. The number of allylic oxidation sites excluding steroid dienone is 6. The molecule has 1 N–H and O–H groups in total. The van der Waals surface area contributed by atoms with Gasteiger partial charge in [-0.25, -0.2) is 0 Å². The van der Waals surface area contributed by atoms with E-state index >= 15 is 0 Å². The van der Waals surface area contributed by atoms with Gasteiger partial charge in [0.25, 0.3) is 0 Å². The Morgan fingerprint density at radius 3 is 2.57 bits per heavy atom. The van der Waals surface area contributed by atoms with Gasteiger partial charge in [-0.2, -0.15) is 0 Å². The maximum absolute atomic E-state index is 8.45. The van der Waals surface area contributed by atoms with Gasteiger partial charge in [0.1, 0.15) is 0 Å². The molecule has 0 amide bonds. The van der Waals surface area contributed by atoms with Crippen LogP contribution in [0.3, 0.4) is 0 Å². The van der Waals surface area contributed by atoms with Crippen LogP contribution in [0.2, 0.25) is 0 Å². The van der Waals surface area contributed by atoms with Crippen molar-refractivity contribution in [2.45, 2.75) is 104 Å². The minimum atomic E-state index is 0.447. The monoisotopic (exact) mass is 502 g/mol. The van der Waals surface area contributed by atoms with Crippen molar-refractivity contribution in [3.63, 3.8) is 0 Å². The zero-order valence-corrected chi connectivity index (χ0v) is 24.2. The lowest BCUT2D eigenvalue weighted by Crippen LogP contribution is -2.45. The summed E-state index contributed by atoms with van der Waals surface area (Å²) >= 11 is 0. The Bertz CT molecular complexity index is 1030. The van der Waals surface area contributed by atoms with E-state index in [4.69, 9.17) is 10.1 Å². The summed E-state index contributed by atoms with van der Waals surface area (Å²) in [5.74, 6) is 1.09. The summed E-state index contributed by atoms with van der Waals surface area (Å²) in [6.07, 6.45) is 15.0. The molecule has 3 nitrogen and oxygen atoms in total. The molecule has 3 aliphatic rings. The minimum absolute atomic E-state index is 0.447. The van der Waals surface area contributed by atoms with Crippen molar-refractivity contribution in [2.24, 2.45) is 5.92 Å². The average Bonchev–Trinajstić information content (AvgIpc) is 2.90. The van der Waals surface area contributed by atoms with Crippen LogP contribution < -0.4 is 0 Å². The molecule has 2 fully saturated rings. The zero-order chi connectivity index (χ0) is 26.4. The highest BCUT2D eigenvalue weighted by Gasteiger charge is 2.28. The first kappa shape index (κ1) is 28.0. The van der Waals surface area contributed by atoms with E-state index in [-0.39, 0.29) is 0 Å². The fourth-order valence-electron chi connectivity index (χ4n) is 6.62. The molecular formula is C34H50N2O. The molecule has 4 rings (SSSR count). The van der Waals surface area contributed by atoms with E-state index in [0.717, 1.165) is 56.6 Å². The van der Waals surface area contributed by atoms with Gasteiger partial charge in [-0.3, -0.25) is 4.90 Å². The summed E-state index contributed by atoms with van der Waals surface area (Å²) in [5, 5.41) is 8.45. The van der Waals surface area contributed by atoms with Crippen LogP contribution in [-0.2, 0) is 4.74 Å². The first-order chi connectivity index (χ1) is 17.9. The summed E-state index contributed by atoms with van der Waals surface area (Å²) in [6.45, 7) is 15.7. The molecule has 0 saturated carbocycles. The standard InChI is InChI=1S/C34H50N2O/c1-6-10-31(29-11-7-8-13-33(35)26(5)21-29)34(24(2)3)32-22-28(15-14-25(32)4)27-16-18-36(19-17-27)30-12-9-20-37-23-30/h11,14-15,21-22,24,27,30,35H,6-10,12-13,16-20,23H2,1-5H3/b26-21-,29-11+,34-31+,35-33?. The molecule has 0 spiro atoms. The molecule has 2 aliphatic heterocycles. The molecule has 1 aliphatic carbocycles. The van der Waals surface area contributed by atoms with E-state index in [1.165, 1.54) is 72.2 Å². The van der Waals surface area contributed by atoms with Crippen molar-refractivity contribution in [3.05, 3.63) is 63.8 Å².